The van der Waals surface area contributed by atoms with Crippen LogP contribution in [0.15, 0.2) is 54.6 Å². The maximum atomic E-state index is 13.1. The third kappa shape index (κ3) is 5.84. The van der Waals surface area contributed by atoms with Crippen LogP contribution in [0.4, 0.5) is 8.78 Å². The van der Waals surface area contributed by atoms with Gasteiger partial charge in [-0.15, -0.1) is 0 Å². The van der Waals surface area contributed by atoms with Gasteiger partial charge in [-0.1, -0.05) is 48.6 Å². The average molecular weight is 345 g/mol. The van der Waals surface area contributed by atoms with Gasteiger partial charge in [-0.05, 0) is 29.7 Å². The number of carboxylic acids is 1. The fourth-order valence-corrected chi connectivity index (χ4v) is 2.21. The highest BCUT2D eigenvalue weighted by atomic mass is 19.2. The molecular formula is C19H17F2NO3. The minimum atomic E-state index is -1.17. The van der Waals surface area contributed by atoms with Crippen molar-refractivity contribution in [2.45, 2.75) is 18.9 Å². The average Bonchev–Trinajstić information content (AvgIpc) is 2.58. The summed E-state index contributed by atoms with van der Waals surface area (Å²) in [6.45, 7) is 0. The van der Waals surface area contributed by atoms with Crippen molar-refractivity contribution in [3.05, 3.63) is 77.4 Å². The van der Waals surface area contributed by atoms with Gasteiger partial charge in [0.2, 0.25) is 5.91 Å². The van der Waals surface area contributed by atoms with E-state index in [9.17, 15) is 23.5 Å². The van der Waals surface area contributed by atoms with E-state index in [0.29, 0.717) is 0 Å². The van der Waals surface area contributed by atoms with Crippen molar-refractivity contribution in [1.29, 1.82) is 0 Å². The van der Waals surface area contributed by atoms with Crippen LogP contribution in [-0.2, 0) is 16.0 Å². The molecule has 0 heterocycles. The van der Waals surface area contributed by atoms with Gasteiger partial charge < -0.3 is 10.4 Å². The second kappa shape index (κ2) is 8.73. The van der Waals surface area contributed by atoms with Crippen LogP contribution in [0.5, 0.6) is 0 Å². The fraction of sp³-hybridized carbons (Fsp3) is 0.158. The molecule has 2 rings (SSSR count). The summed E-state index contributed by atoms with van der Waals surface area (Å²) >= 11 is 0. The number of halogens is 2. The molecule has 4 nitrogen and oxygen atoms in total. The molecule has 2 N–H and O–H groups in total. The lowest BCUT2D eigenvalue weighted by molar-refractivity contribution is -0.141. The molecule has 0 saturated carbocycles. The Kier molecular flexibility index (Phi) is 6.39. The molecule has 0 aliphatic rings. The maximum absolute atomic E-state index is 13.1. The van der Waals surface area contributed by atoms with E-state index in [2.05, 4.69) is 5.32 Å². The molecule has 0 unspecified atom stereocenters. The maximum Gasteiger partial charge on any atom is 0.326 e. The number of aliphatic carboxylic acids is 1. The third-order valence-corrected chi connectivity index (χ3v) is 3.46. The topological polar surface area (TPSA) is 66.4 Å². The number of nitrogens with one attached hydrogen (secondary N) is 1. The smallest absolute Gasteiger partial charge is 0.326 e. The van der Waals surface area contributed by atoms with Gasteiger partial charge in [0.05, 0.1) is 6.42 Å². The lowest BCUT2D eigenvalue weighted by Crippen LogP contribution is -2.41. The van der Waals surface area contributed by atoms with Crippen molar-refractivity contribution in [1.82, 2.24) is 5.32 Å². The molecule has 0 radical (unpaired) electrons. The Bertz CT molecular complexity index is 775. The molecule has 6 heteroatoms. The first-order valence-electron chi connectivity index (χ1n) is 7.63. The first-order valence-corrected chi connectivity index (χ1v) is 7.63. The van der Waals surface area contributed by atoms with E-state index in [-0.39, 0.29) is 18.4 Å². The van der Waals surface area contributed by atoms with Gasteiger partial charge in [-0.3, -0.25) is 4.79 Å². The molecule has 1 atom stereocenters. The molecule has 2 aromatic carbocycles. The van der Waals surface area contributed by atoms with Gasteiger partial charge in [0.15, 0.2) is 11.6 Å². The molecule has 0 aliphatic carbocycles. The van der Waals surface area contributed by atoms with Gasteiger partial charge in [0, 0.05) is 0 Å². The van der Waals surface area contributed by atoms with Crippen molar-refractivity contribution in [2.24, 2.45) is 0 Å². The number of carbonyl (C=O) groups excluding carboxylic acids is 1. The lowest BCUT2D eigenvalue weighted by atomic mass is 10.1. The highest BCUT2D eigenvalue weighted by molar-refractivity contribution is 5.85. The number of amides is 1. The molecule has 0 spiro atoms. The molecule has 0 fully saturated rings. The normalized spacial score (nSPS) is 12.1. The molecular weight excluding hydrogens is 328 g/mol. The summed E-state index contributed by atoms with van der Waals surface area (Å²) in [6, 6.07) is 11.4. The largest absolute Gasteiger partial charge is 0.480 e. The lowest BCUT2D eigenvalue weighted by Gasteiger charge is -2.12. The first-order chi connectivity index (χ1) is 12.0. The zero-order valence-corrected chi connectivity index (χ0v) is 13.3. The van der Waals surface area contributed by atoms with E-state index in [1.165, 1.54) is 6.07 Å². The van der Waals surface area contributed by atoms with Crippen LogP contribution >= 0.6 is 0 Å². The Labute approximate surface area is 143 Å². The molecule has 130 valence electrons. The van der Waals surface area contributed by atoms with Crippen molar-refractivity contribution in [3.8, 4) is 0 Å². The van der Waals surface area contributed by atoms with Crippen LogP contribution in [0.1, 0.15) is 17.5 Å². The summed E-state index contributed by atoms with van der Waals surface area (Å²) in [5.41, 5.74) is 1.18. The quantitative estimate of drug-likeness (QED) is 0.810. The van der Waals surface area contributed by atoms with E-state index < -0.39 is 29.6 Å². The predicted molar refractivity (Wildman–Crippen MR) is 89.7 cm³/mol. The highest BCUT2D eigenvalue weighted by Gasteiger charge is 2.18. The zero-order valence-electron chi connectivity index (χ0n) is 13.3. The minimum Gasteiger partial charge on any atom is -0.480 e. The van der Waals surface area contributed by atoms with Crippen molar-refractivity contribution in [3.63, 3.8) is 0 Å². The summed E-state index contributed by atoms with van der Waals surface area (Å²) in [5, 5.41) is 11.6. The first kappa shape index (κ1) is 18.3. The van der Waals surface area contributed by atoms with E-state index in [1.807, 2.05) is 30.3 Å². The van der Waals surface area contributed by atoms with Gasteiger partial charge in [0.1, 0.15) is 6.04 Å². The van der Waals surface area contributed by atoms with Crippen molar-refractivity contribution < 1.29 is 23.5 Å². The predicted octanol–water partition coefficient (Wildman–Crippen LogP) is 3.18. The SMILES string of the molecule is O=C(Cc1ccc(F)c(F)c1)N[C@H](C/C=C/c1ccccc1)C(=O)O. The van der Waals surface area contributed by atoms with Gasteiger partial charge in [-0.25, -0.2) is 13.6 Å². The Balaban J connectivity index is 1.93. The Morgan fingerprint density at radius 2 is 1.80 bits per heavy atom. The van der Waals surface area contributed by atoms with E-state index in [4.69, 9.17) is 0 Å². The van der Waals surface area contributed by atoms with E-state index in [0.717, 1.165) is 17.7 Å². The monoisotopic (exact) mass is 345 g/mol. The number of carbonyl (C=O) groups is 2. The van der Waals surface area contributed by atoms with Crippen LogP contribution in [0.3, 0.4) is 0 Å². The van der Waals surface area contributed by atoms with Crippen LogP contribution in [0, 0.1) is 11.6 Å². The van der Waals surface area contributed by atoms with Crippen molar-refractivity contribution >= 4 is 18.0 Å². The van der Waals surface area contributed by atoms with E-state index >= 15 is 0 Å². The summed E-state index contributed by atoms with van der Waals surface area (Å²) in [4.78, 5) is 23.2. The Morgan fingerprint density at radius 3 is 2.44 bits per heavy atom. The summed E-state index contributed by atoms with van der Waals surface area (Å²) in [7, 11) is 0. The second-order valence-electron chi connectivity index (χ2n) is 5.43. The van der Waals surface area contributed by atoms with Gasteiger partial charge in [0.25, 0.3) is 0 Å². The van der Waals surface area contributed by atoms with Crippen LogP contribution in [-0.4, -0.2) is 23.0 Å². The second-order valence-corrected chi connectivity index (χ2v) is 5.43. The van der Waals surface area contributed by atoms with Gasteiger partial charge >= 0.3 is 5.97 Å². The standard InChI is InChI=1S/C19H17F2NO3/c20-15-10-9-14(11-16(15)21)12-18(23)22-17(19(24)25)8-4-7-13-5-2-1-3-6-13/h1-7,9-11,17H,8,12H2,(H,22,23)(H,24,25)/b7-4+/t17-/m1/s1. The number of hydrogen-bond acceptors (Lipinski definition) is 2. The molecule has 0 saturated heterocycles. The molecule has 1 amide bonds. The number of hydrogen-bond donors (Lipinski definition) is 2. The Morgan fingerprint density at radius 1 is 1.08 bits per heavy atom. The van der Waals surface area contributed by atoms with Crippen LogP contribution in [0.2, 0.25) is 0 Å². The number of rotatable bonds is 7. The number of carboxylic acid groups (broad SMARTS) is 1. The molecule has 2 aromatic rings. The Hall–Kier alpha value is -3.02. The van der Waals surface area contributed by atoms with Crippen LogP contribution in [0.25, 0.3) is 6.08 Å². The molecule has 0 aliphatic heterocycles. The molecule has 0 bridgehead atoms. The van der Waals surface area contributed by atoms with Crippen molar-refractivity contribution in [2.75, 3.05) is 0 Å². The molecule has 25 heavy (non-hydrogen) atoms. The number of benzene rings is 2. The molecule has 0 aromatic heterocycles. The summed E-state index contributed by atoms with van der Waals surface area (Å²) in [6.07, 6.45) is 3.29. The summed E-state index contributed by atoms with van der Waals surface area (Å²) in [5.74, 6) is -3.80. The zero-order chi connectivity index (χ0) is 18.2. The highest BCUT2D eigenvalue weighted by Crippen LogP contribution is 2.10. The van der Waals surface area contributed by atoms with Crippen LogP contribution < -0.4 is 5.32 Å². The van der Waals surface area contributed by atoms with Gasteiger partial charge in [-0.2, -0.15) is 0 Å². The van der Waals surface area contributed by atoms with E-state index in [1.54, 1.807) is 12.2 Å². The summed E-state index contributed by atoms with van der Waals surface area (Å²) < 4.78 is 26.0. The third-order valence-electron chi connectivity index (χ3n) is 3.46. The minimum absolute atomic E-state index is 0.105. The fourth-order valence-electron chi connectivity index (χ4n) is 2.21.